The molecule has 2 heterocycles. The zero-order valence-corrected chi connectivity index (χ0v) is 9.61. The van der Waals surface area contributed by atoms with Gasteiger partial charge in [0.1, 0.15) is 0 Å². The van der Waals surface area contributed by atoms with Crippen LogP contribution in [0.1, 0.15) is 18.9 Å². The number of nitrogens with one attached hydrogen (secondary N) is 1. The lowest BCUT2D eigenvalue weighted by molar-refractivity contribution is 0.397. The third-order valence-corrected chi connectivity index (χ3v) is 3.00. The predicted molar refractivity (Wildman–Crippen MR) is 60.6 cm³/mol. The molecule has 1 aliphatic rings. The Morgan fingerprint density at radius 1 is 1.60 bits per heavy atom. The molecule has 0 aromatic carbocycles. The lowest BCUT2D eigenvalue weighted by Crippen LogP contribution is -2.30. The first-order valence-electron chi connectivity index (χ1n) is 5.71. The summed E-state index contributed by atoms with van der Waals surface area (Å²) >= 11 is 0. The molecule has 4 heteroatoms. The molecule has 0 amide bonds. The monoisotopic (exact) mass is 208 g/mol. The lowest BCUT2D eigenvalue weighted by Gasteiger charge is -2.11. The van der Waals surface area contributed by atoms with Gasteiger partial charge in [0, 0.05) is 37.4 Å². The first kappa shape index (κ1) is 10.6. The van der Waals surface area contributed by atoms with E-state index in [1.165, 1.54) is 25.1 Å². The summed E-state index contributed by atoms with van der Waals surface area (Å²) in [5, 5.41) is 7.83. The standard InChI is InChI=1S/C11H20N4/c1-3-15-8-10(7-13-15)6-12-11-4-5-14(2)9-11/h7-8,11-12H,3-6,9H2,1-2H3. The van der Waals surface area contributed by atoms with Crippen LogP contribution in [-0.4, -0.2) is 40.9 Å². The molecule has 15 heavy (non-hydrogen) atoms. The van der Waals surface area contributed by atoms with Crippen LogP contribution >= 0.6 is 0 Å². The number of likely N-dealkylation sites (N-methyl/N-ethyl adjacent to an activating group) is 1. The number of likely N-dealkylation sites (tertiary alicyclic amines) is 1. The summed E-state index contributed by atoms with van der Waals surface area (Å²) in [5.74, 6) is 0. The molecule has 2 rings (SSSR count). The number of hydrogen-bond acceptors (Lipinski definition) is 3. The summed E-state index contributed by atoms with van der Waals surface area (Å²) in [4.78, 5) is 2.37. The molecular formula is C11H20N4. The van der Waals surface area contributed by atoms with Crippen molar-refractivity contribution in [2.75, 3.05) is 20.1 Å². The van der Waals surface area contributed by atoms with Gasteiger partial charge in [0.15, 0.2) is 0 Å². The van der Waals surface area contributed by atoms with E-state index in [9.17, 15) is 0 Å². The van der Waals surface area contributed by atoms with Gasteiger partial charge in [-0.25, -0.2) is 0 Å². The Morgan fingerprint density at radius 3 is 3.07 bits per heavy atom. The van der Waals surface area contributed by atoms with Crippen molar-refractivity contribution in [3.63, 3.8) is 0 Å². The van der Waals surface area contributed by atoms with Gasteiger partial charge in [-0.05, 0) is 26.9 Å². The minimum Gasteiger partial charge on any atom is -0.308 e. The number of rotatable bonds is 4. The zero-order valence-electron chi connectivity index (χ0n) is 9.61. The predicted octanol–water partition coefficient (Wildman–Crippen LogP) is 0.697. The van der Waals surface area contributed by atoms with Crippen molar-refractivity contribution in [3.05, 3.63) is 18.0 Å². The van der Waals surface area contributed by atoms with Gasteiger partial charge in [0.2, 0.25) is 0 Å². The van der Waals surface area contributed by atoms with Crippen LogP contribution in [0.15, 0.2) is 12.4 Å². The maximum atomic E-state index is 4.26. The topological polar surface area (TPSA) is 33.1 Å². The quantitative estimate of drug-likeness (QED) is 0.790. The fourth-order valence-corrected chi connectivity index (χ4v) is 2.03. The molecule has 1 aromatic rings. The molecule has 84 valence electrons. The number of aromatic nitrogens is 2. The summed E-state index contributed by atoms with van der Waals surface area (Å²) < 4.78 is 1.97. The van der Waals surface area contributed by atoms with Gasteiger partial charge >= 0.3 is 0 Å². The van der Waals surface area contributed by atoms with Crippen LogP contribution in [0, 0.1) is 0 Å². The Morgan fingerprint density at radius 2 is 2.47 bits per heavy atom. The normalized spacial score (nSPS) is 22.4. The van der Waals surface area contributed by atoms with E-state index in [1.807, 2.05) is 10.9 Å². The molecule has 1 aromatic heterocycles. The average Bonchev–Trinajstić information content (AvgIpc) is 2.83. The van der Waals surface area contributed by atoms with Crippen LogP contribution in [-0.2, 0) is 13.1 Å². The highest BCUT2D eigenvalue weighted by Crippen LogP contribution is 2.07. The van der Waals surface area contributed by atoms with Crippen LogP contribution in [0.3, 0.4) is 0 Å². The van der Waals surface area contributed by atoms with E-state index in [4.69, 9.17) is 0 Å². The van der Waals surface area contributed by atoms with Crippen molar-refractivity contribution in [1.82, 2.24) is 20.0 Å². The smallest absolute Gasteiger partial charge is 0.0534 e. The molecular weight excluding hydrogens is 188 g/mol. The molecule has 1 saturated heterocycles. The van der Waals surface area contributed by atoms with Crippen molar-refractivity contribution in [2.45, 2.75) is 32.5 Å². The highest BCUT2D eigenvalue weighted by molar-refractivity contribution is 5.03. The minimum atomic E-state index is 0.653. The Balaban J connectivity index is 1.77. The minimum absolute atomic E-state index is 0.653. The van der Waals surface area contributed by atoms with Crippen molar-refractivity contribution in [1.29, 1.82) is 0 Å². The molecule has 1 N–H and O–H groups in total. The number of nitrogens with zero attached hydrogens (tertiary/aromatic N) is 3. The SMILES string of the molecule is CCn1cc(CNC2CCN(C)C2)cn1. The summed E-state index contributed by atoms with van der Waals surface area (Å²) in [5.41, 5.74) is 1.28. The maximum absolute atomic E-state index is 4.26. The van der Waals surface area contributed by atoms with Crippen molar-refractivity contribution in [2.24, 2.45) is 0 Å². The molecule has 1 atom stereocenters. The third kappa shape index (κ3) is 2.79. The van der Waals surface area contributed by atoms with Gasteiger partial charge in [0.25, 0.3) is 0 Å². The first-order valence-corrected chi connectivity index (χ1v) is 5.71. The number of aryl methyl sites for hydroxylation is 1. The molecule has 1 fully saturated rings. The summed E-state index contributed by atoms with van der Waals surface area (Å²) in [6.45, 7) is 6.38. The zero-order chi connectivity index (χ0) is 10.7. The second-order valence-corrected chi connectivity index (χ2v) is 4.33. The fraction of sp³-hybridized carbons (Fsp3) is 0.727. The van der Waals surface area contributed by atoms with E-state index in [0.717, 1.165) is 13.1 Å². The third-order valence-electron chi connectivity index (χ3n) is 3.00. The van der Waals surface area contributed by atoms with E-state index >= 15 is 0 Å². The van der Waals surface area contributed by atoms with Crippen LogP contribution in [0.5, 0.6) is 0 Å². The van der Waals surface area contributed by atoms with Crippen LogP contribution < -0.4 is 5.32 Å². The Hall–Kier alpha value is -0.870. The van der Waals surface area contributed by atoms with Gasteiger partial charge < -0.3 is 10.2 Å². The molecule has 0 aliphatic carbocycles. The highest BCUT2D eigenvalue weighted by Gasteiger charge is 2.18. The van der Waals surface area contributed by atoms with E-state index in [0.29, 0.717) is 6.04 Å². The summed E-state index contributed by atoms with van der Waals surface area (Å²) in [6, 6.07) is 0.653. The van der Waals surface area contributed by atoms with Crippen molar-refractivity contribution in [3.8, 4) is 0 Å². The van der Waals surface area contributed by atoms with Crippen molar-refractivity contribution >= 4 is 0 Å². The van der Waals surface area contributed by atoms with Crippen LogP contribution in [0.25, 0.3) is 0 Å². The van der Waals surface area contributed by atoms with E-state index < -0.39 is 0 Å². The Bertz CT molecular complexity index is 307. The first-order chi connectivity index (χ1) is 7.28. The summed E-state index contributed by atoms with van der Waals surface area (Å²) in [7, 11) is 2.18. The van der Waals surface area contributed by atoms with Gasteiger partial charge in [-0.3, -0.25) is 4.68 Å². The van der Waals surface area contributed by atoms with E-state index in [1.54, 1.807) is 0 Å². The van der Waals surface area contributed by atoms with Gasteiger partial charge in [0.05, 0.1) is 6.20 Å². The van der Waals surface area contributed by atoms with Gasteiger partial charge in [-0.2, -0.15) is 5.10 Å². The second-order valence-electron chi connectivity index (χ2n) is 4.33. The van der Waals surface area contributed by atoms with E-state index in [2.05, 4.69) is 35.5 Å². The molecule has 0 spiro atoms. The molecule has 1 aliphatic heterocycles. The molecule has 4 nitrogen and oxygen atoms in total. The van der Waals surface area contributed by atoms with Gasteiger partial charge in [-0.15, -0.1) is 0 Å². The molecule has 0 bridgehead atoms. The highest BCUT2D eigenvalue weighted by atomic mass is 15.3. The van der Waals surface area contributed by atoms with Crippen LogP contribution in [0.4, 0.5) is 0 Å². The fourth-order valence-electron chi connectivity index (χ4n) is 2.03. The van der Waals surface area contributed by atoms with Gasteiger partial charge in [-0.1, -0.05) is 0 Å². The van der Waals surface area contributed by atoms with Crippen molar-refractivity contribution < 1.29 is 0 Å². The second kappa shape index (κ2) is 4.77. The van der Waals surface area contributed by atoms with Crippen LogP contribution in [0.2, 0.25) is 0 Å². The lowest BCUT2D eigenvalue weighted by atomic mass is 10.2. The molecule has 0 saturated carbocycles. The molecule has 1 unspecified atom stereocenters. The largest absolute Gasteiger partial charge is 0.308 e. The Kier molecular flexibility index (Phi) is 3.38. The molecule has 0 radical (unpaired) electrons. The summed E-state index contributed by atoms with van der Waals surface area (Å²) in [6.07, 6.45) is 5.33. The number of hydrogen-bond donors (Lipinski definition) is 1. The van der Waals surface area contributed by atoms with E-state index in [-0.39, 0.29) is 0 Å². The average molecular weight is 208 g/mol. The Labute approximate surface area is 91.3 Å². The maximum Gasteiger partial charge on any atom is 0.0534 e.